The molecule has 2 aromatic rings. The summed E-state index contributed by atoms with van der Waals surface area (Å²) in [5.74, 6) is 2.47. The van der Waals surface area contributed by atoms with Gasteiger partial charge in [-0.25, -0.2) is 0 Å². The molecule has 0 heterocycles. The summed E-state index contributed by atoms with van der Waals surface area (Å²) in [6.45, 7) is 10.2. The van der Waals surface area contributed by atoms with Gasteiger partial charge in [0, 0.05) is 11.8 Å². The third-order valence-electron chi connectivity index (χ3n) is 3.82. The summed E-state index contributed by atoms with van der Waals surface area (Å²) >= 11 is 0. The number of rotatable bonds is 5. The fraction of sp³-hybridized carbons (Fsp3) is 0.227. The van der Waals surface area contributed by atoms with E-state index in [2.05, 4.69) is 68.6 Å². The second-order valence-corrected chi connectivity index (χ2v) is 5.91. The summed E-state index contributed by atoms with van der Waals surface area (Å²) in [7, 11) is 0. The van der Waals surface area contributed by atoms with E-state index in [4.69, 9.17) is 6.42 Å². The van der Waals surface area contributed by atoms with Gasteiger partial charge in [-0.3, -0.25) is 4.99 Å². The lowest BCUT2D eigenvalue weighted by atomic mass is 9.98. The first-order valence-electron chi connectivity index (χ1n) is 7.90. The molecule has 0 saturated carbocycles. The first-order chi connectivity index (χ1) is 11.0. The molecule has 23 heavy (non-hydrogen) atoms. The van der Waals surface area contributed by atoms with Crippen molar-refractivity contribution < 1.29 is 0 Å². The molecule has 0 radical (unpaired) electrons. The molecule has 0 aliphatic heterocycles. The number of benzene rings is 2. The van der Waals surface area contributed by atoms with Gasteiger partial charge in [-0.2, -0.15) is 0 Å². The quantitative estimate of drug-likeness (QED) is 0.521. The van der Waals surface area contributed by atoms with Gasteiger partial charge in [-0.1, -0.05) is 55.3 Å². The minimum absolute atomic E-state index is 0.584. The molecule has 0 aromatic heterocycles. The molecule has 2 rings (SSSR count). The monoisotopic (exact) mass is 301 g/mol. The Bertz CT molecular complexity index is 788. The van der Waals surface area contributed by atoms with Crippen LogP contribution in [0.15, 0.2) is 53.5 Å². The highest BCUT2D eigenvalue weighted by Gasteiger charge is 2.03. The van der Waals surface area contributed by atoms with Gasteiger partial charge in [0.05, 0.1) is 5.69 Å². The largest absolute Gasteiger partial charge is 0.255 e. The smallest absolute Gasteiger partial charge is 0.0659 e. The van der Waals surface area contributed by atoms with Crippen LogP contribution in [0.1, 0.15) is 34.7 Å². The molecular weight excluding hydrogens is 278 g/mol. The summed E-state index contributed by atoms with van der Waals surface area (Å²) in [5, 5.41) is 0. The number of aliphatic imine (C=N–C) groups is 1. The fourth-order valence-electron chi connectivity index (χ4n) is 2.65. The van der Waals surface area contributed by atoms with Crippen molar-refractivity contribution in [3.8, 4) is 12.3 Å². The van der Waals surface area contributed by atoms with Crippen LogP contribution >= 0.6 is 0 Å². The summed E-state index contributed by atoms with van der Waals surface area (Å²) in [5.41, 5.74) is 8.04. The topological polar surface area (TPSA) is 12.4 Å². The van der Waals surface area contributed by atoms with Crippen LogP contribution in [-0.4, -0.2) is 6.21 Å². The zero-order valence-corrected chi connectivity index (χ0v) is 14.2. The maximum absolute atomic E-state index is 5.28. The average molecular weight is 301 g/mol. The Balaban J connectivity index is 2.21. The van der Waals surface area contributed by atoms with Gasteiger partial charge in [0.25, 0.3) is 0 Å². The molecule has 0 saturated heterocycles. The van der Waals surface area contributed by atoms with Crippen LogP contribution in [-0.2, 0) is 12.8 Å². The van der Waals surface area contributed by atoms with Gasteiger partial charge in [-0.05, 0) is 55.0 Å². The average Bonchev–Trinajstić information content (AvgIpc) is 2.53. The Morgan fingerprint density at radius 2 is 1.87 bits per heavy atom. The number of hydrogen-bond donors (Lipinski definition) is 0. The van der Waals surface area contributed by atoms with Crippen molar-refractivity contribution in [2.75, 3.05) is 0 Å². The number of hydrogen-bond acceptors (Lipinski definition) is 1. The third kappa shape index (κ3) is 4.69. The third-order valence-corrected chi connectivity index (χ3v) is 3.82. The van der Waals surface area contributed by atoms with E-state index in [1.54, 1.807) is 6.21 Å². The molecule has 0 amide bonds. The van der Waals surface area contributed by atoms with Gasteiger partial charge >= 0.3 is 0 Å². The van der Waals surface area contributed by atoms with Crippen molar-refractivity contribution in [2.45, 2.75) is 33.6 Å². The maximum atomic E-state index is 5.28. The first-order valence-corrected chi connectivity index (χ1v) is 7.90. The first kappa shape index (κ1) is 16.8. The van der Waals surface area contributed by atoms with Crippen LogP contribution in [0.25, 0.3) is 0 Å². The molecule has 0 unspecified atom stereocenters. The Labute approximate surface area is 139 Å². The molecule has 0 aliphatic carbocycles. The standard InChI is InChI=1S/C22H23N/c1-6-16(3)15-23-22-9-8-20(12-18(22)5)14-21-11-17(4)10-19(7-2)13-21/h1,8-13,15H,3,7,14H2,2,4-5H3. The lowest BCUT2D eigenvalue weighted by Gasteiger charge is -2.08. The van der Waals surface area contributed by atoms with Crippen molar-refractivity contribution in [1.82, 2.24) is 0 Å². The Morgan fingerprint density at radius 3 is 2.52 bits per heavy atom. The molecule has 0 N–H and O–H groups in total. The minimum Gasteiger partial charge on any atom is -0.255 e. The Morgan fingerprint density at radius 1 is 1.13 bits per heavy atom. The Kier molecular flexibility index (Phi) is 5.55. The molecule has 116 valence electrons. The number of nitrogens with zero attached hydrogens (tertiary/aromatic N) is 1. The zero-order chi connectivity index (χ0) is 16.8. The highest BCUT2D eigenvalue weighted by Crippen LogP contribution is 2.22. The lowest BCUT2D eigenvalue weighted by molar-refractivity contribution is 1.09. The van der Waals surface area contributed by atoms with E-state index in [0.29, 0.717) is 5.57 Å². The van der Waals surface area contributed by atoms with Crippen LogP contribution in [0.5, 0.6) is 0 Å². The fourth-order valence-corrected chi connectivity index (χ4v) is 2.65. The number of allylic oxidation sites excluding steroid dienone is 1. The second kappa shape index (κ2) is 7.61. The van der Waals surface area contributed by atoms with E-state index in [9.17, 15) is 0 Å². The van der Waals surface area contributed by atoms with Gasteiger partial charge < -0.3 is 0 Å². The maximum Gasteiger partial charge on any atom is 0.0659 e. The molecule has 0 bridgehead atoms. The van der Waals surface area contributed by atoms with E-state index < -0.39 is 0 Å². The van der Waals surface area contributed by atoms with E-state index >= 15 is 0 Å². The second-order valence-electron chi connectivity index (χ2n) is 5.91. The summed E-state index contributed by atoms with van der Waals surface area (Å²) in [6.07, 6.45) is 8.93. The molecule has 0 spiro atoms. The molecular formula is C22H23N. The predicted octanol–water partition coefficient (Wildman–Crippen LogP) is 5.35. The van der Waals surface area contributed by atoms with Crippen molar-refractivity contribution in [3.05, 3.63) is 76.4 Å². The highest BCUT2D eigenvalue weighted by atomic mass is 14.7. The summed E-state index contributed by atoms with van der Waals surface area (Å²) in [6, 6.07) is 13.2. The van der Waals surface area contributed by atoms with E-state index in [-0.39, 0.29) is 0 Å². The van der Waals surface area contributed by atoms with Crippen molar-refractivity contribution in [3.63, 3.8) is 0 Å². The van der Waals surface area contributed by atoms with Crippen LogP contribution in [0.3, 0.4) is 0 Å². The molecule has 1 heteroatoms. The van der Waals surface area contributed by atoms with Gasteiger partial charge in [0.2, 0.25) is 0 Å². The van der Waals surface area contributed by atoms with Crippen LogP contribution in [0, 0.1) is 26.2 Å². The number of aryl methyl sites for hydroxylation is 3. The van der Waals surface area contributed by atoms with E-state index in [0.717, 1.165) is 24.1 Å². The van der Waals surface area contributed by atoms with Crippen molar-refractivity contribution >= 4 is 11.9 Å². The minimum atomic E-state index is 0.584. The number of terminal acetylenes is 1. The van der Waals surface area contributed by atoms with E-state index in [1.807, 2.05) is 6.07 Å². The SMILES string of the molecule is C#CC(=C)C=Nc1ccc(Cc2cc(C)cc(CC)c2)cc1C. The van der Waals surface area contributed by atoms with Crippen LogP contribution in [0.2, 0.25) is 0 Å². The summed E-state index contributed by atoms with van der Waals surface area (Å²) in [4.78, 5) is 4.40. The highest BCUT2D eigenvalue weighted by molar-refractivity contribution is 5.85. The van der Waals surface area contributed by atoms with Crippen molar-refractivity contribution in [1.29, 1.82) is 0 Å². The predicted molar refractivity (Wildman–Crippen MR) is 101 cm³/mol. The molecule has 2 aromatic carbocycles. The Hall–Kier alpha value is -2.59. The normalized spacial score (nSPS) is 10.7. The van der Waals surface area contributed by atoms with Gasteiger partial charge in [0.1, 0.15) is 0 Å². The van der Waals surface area contributed by atoms with Crippen molar-refractivity contribution in [2.24, 2.45) is 4.99 Å². The van der Waals surface area contributed by atoms with E-state index in [1.165, 1.54) is 22.3 Å². The van der Waals surface area contributed by atoms with Gasteiger partial charge in [-0.15, -0.1) is 6.42 Å². The molecule has 0 atom stereocenters. The summed E-state index contributed by atoms with van der Waals surface area (Å²) < 4.78 is 0. The van der Waals surface area contributed by atoms with Gasteiger partial charge in [0.15, 0.2) is 0 Å². The molecule has 0 aliphatic rings. The molecule has 1 nitrogen and oxygen atoms in total. The lowest BCUT2D eigenvalue weighted by Crippen LogP contribution is -1.93. The van der Waals surface area contributed by atoms with Crippen LogP contribution < -0.4 is 0 Å². The zero-order valence-electron chi connectivity index (χ0n) is 14.2. The van der Waals surface area contributed by atoms with Crippen LogP contribution in [0.4, 0.5) is 5.69 Å². The molecule has 0 fully saturated rings.